The minimum absolute atomic E-state index is 0.278. The molecule has 0 aliphatic rings. The van der Waals surface area contributed by atoms with E-state index in [1.54, 1.807) is 25.4 Å². The van der Waals surface area contributed by atoms with Gasteiger partial charge >= 0.3 is 0 Å². The van der Waals surface area contributed by atoms with Crippen molar-refractivity contribution in [3.05, 3.63) is 64.7 Å². The fourth-order valence-electron chi connectivity index (χ4n) is 2.00. The Labute approximate surface area is 139 Å². The fraction of sp³-hybridized carbons (Fsp3) is 0.294. The van der Waals surface area contributed by atoms with Crippen molar-refractivity contribution in [2.24, 2.45) is 5.16 Å². The van der Waals surface area contributed by atoms with Crippen LogP contribution in [0.4, 0.5) is 4.39 Å². The molecule has 0 radical (unpaired) electrons. The minimum Gasteiger partial charge on any atom is -0.364 e. The van der Waals surface area contributed by atoms with Crippen molar-refractivity contribution in [1.29, 1.82) is 0 Å². The summed E-state index contributed by atoms with van der Waals surface area (Å²) in [5.41, 5.74) is 2.13. The van der Waals surface area contributed by atoms with Gasteiger partial charge in [-0.2, -0.15) is 0 Å². The first-order chi connectivity index (χ1) is 11.1. The maximum Gasteiger partial charge on any atom is 0.223 e. The number of rotatable bonds is 7. The second-order valence-corrected chi connectivity index (χ2v) is 5.24. The van der Waals surface area contributed by atoms with E-state index in [1.165, 1.54) is 12.1 Å². The first kappa shape index (κ1) is 17.4. The van der Waals surface area contributed by atoms with Crippen molar-refractivity contribution >= 4 is 17.3 Å². The molecule has 0 aliphatic carbocycles. The molecule has 0 saturated heterocycles. The van der Waals surface area contributed by atoms with Gasteiger partial charge in [0.1, 0.15) is 5.82 Å². The van der Waals surface area contributed by atoms with Gasteiger partial charge in [-0.05, 0) is 36.8 Å². The molecule has 1 atom stereocenters. The molecule has 0 bridgehead atoms. The third kappa shape index (κ3) is 5.30. The molecule has 6 heteroatoms. The molecule has 1 heterocycles. The van der Waals surface area contributed by atoms with E-state index in [9.17, 15) is 4.39 Å². The summed E-state index contributed by atoms with van der Waals surface area (Å²) in [6.45, 7) is 4.14. The monoisotopic (exact) mass is 336 g/mol. The van der Waals surface area contributed by atoms with Crippen LogP contribution in [-0.4, -0.2) is 23.6 Å². The Balaban J connectivity index is 2.28. The van der Waals surface area contributed by atoms with Crippen LogP contribution < -0.4 is 0 Å². The van der Waals surface area contributed by atoms with Crippen LogP contribution in [0.5, 0.6) is 0 Å². The van der Waals surface area contributed by atoms with Crippen molar-refractivity contribution in [3.8, 4) is 0 Å². The van der Waals surface area contributed by atoms with E-state index in [2.05, 4.69) is 10.1 Å². The maximum atomic E-state index is 13.3. The van der Waals surface area contributed by atoms with Crippen LogP contribution in [0.25, 0.3) is 0 Å². The molecule has 0 spiro atoms. The van der Waals surface area contributed by atoms with Gasteiger partial charge in [-0.3, -0.25) is 4.98 Å². The maximum absolute atomic E-state index is 13.3. The SMILES string of the molecule is CCOC(C)ON=C(Cc1cccnc1)c1ccc(F)cc1Cl. The second-order valence-electron chi connectivity index (χ2n) is 4.83. The number of pyridine rings is 1. The Morgan fingerprint density at radius 1 is 1.39 bits per heavy atom. The number of oxime groups is 1. The third-order valence-corrected chi connectivity index (χ3v) is 3.36. The van der Waals surface area contributed by atoms with Gasteiger partial charge in [0.2, 0.25) is 6.29 Å². The predicted octanol–water partition coefficient (Wildman–Crippen LogP) is 4.22. The summed E-state index contributed by atoms with van der Waals surface area (Å²) < 4.78 is 18.6. The number of hydrogen-bond donors (Lipinski definition) is 0. The predicted molar refractivity (Wildman–Crippen MR) is 88.1 cm³/mol. The lowest BCUT2D eigenvalue weighted by atomic mass is 10.0. The molecule has 2 aromatic rings. The van der Waals surface area contributed by atoms with Crippen molar-refractivity contribution in [3.63, 3.8) is 0 Å². The van der Waals surface area contributed by atoms with E-state index < -0.39 is 12.1 Å². The van der Waals surface area contributed by atoms with E-state index in [-0.39, 0.29) is 5.02 Å². The molecule has 0 fully saturated rings. The van der Waals surface area contributed by atoms with Crippen LogP contribution in [0, 0.1) is 5.82 Å². The molecule has 0 aliphatic heterocycles. The fourth-order valence-corrected chi connectivity index (χ4v) is 2.28. The lowest BCUT2D eigenvalue weighted by Gasteiger charge is -2.13. The highest BCUT2D eigenvalue weighted by Crippen LogP contribution is 2.20. The van der Waals surface area contributed by atoms with E-state index >= 15 is 0 Å². The number of aromatic nitrogens is 1. The summed E-state index contributed by atoms with van der Waals surface area (Å²) in [7, 11) is 0. The summed E-state index contributed by atoms with van der Waals surface area (Å²) in [5, 5.41) is 4.43. The van der Waals surface area contributed by atoms with E-state index in [4.69, 9.17) is 21.2 Å². The van der Waals surface area contributed by atoms with Crippen LogP contribution in [0.2, 0.25) is 5.02 Å². The number of benzene rings is 1. The van der Waals surface area contributed by atoms with Gasteiger partial charge in [0, 0.05) is 37.9 Å². The standard InChI is InChI=1S/C17H18ClFN2O2/c1-3-22-12(2)23-21-17(9-13-5-4-8-20-11-13)15-7-6-14(19)10-16(15)18/h4-8,10-12H,3,9H2,1-2H3. The lowest BCUT2D eigenvalue weighted by Crippen LogP contribution is -2.13. The normalized spacial score (nSPS) is 13.0. The van der Waals surface area contributed by atoms with Crippen molar-refractivity contribution < 1.29 is 14.0 Å². The molecule has 1 unspecified atom stereocenters. The van der Waals surface area contributed by atoms with Gasteiger partial charge in [-0.15, -0.1) is 0 Å². The molecule has 4 nitrogen and oxygen atoms in total. The van der Waals surface area contributed by atoms with E-state index in [0.29, 0.717) is 24.3 Å². The molecule has 2 rings (SSSR count). The largest absolute Gasteiger partial charge is 0.364 e. The smallest absolute Gasteiger partial charge is 0.223 e. The van der Waals surface area contributed by atoms with Gasteiger partial charge in [0.15, 0.2) is 0 Å². The van der Waals surface area contributed by atoms with Crippen LogP contribution >= 0.6 is 11.6 Å². The summed E-state index contributed by atoms with van der Waals surface area (Å²) in [6, 6.07) is 7.93. The third-order valence-electron chi connectivity index (χ3n) is 3.05. The van der Waals surface area contributed by atoms with Crippen molar-refractivity contribution in [2.45, 2.75) is 26.6 Å². The van der Waals surface area contributed by atoms with Gasteiger partial charge in [-0.1, -0.05) is 22.8 Å². The summed E-state index contributed by atoms with van der Waals surface area (Å²) >= 11 is 6.14. The zero-order chi connectivity index (χ0) is 16.7. The topological polar surface area (TPSA) is 43.7 Å². The summed E-state index contributed by atoms with van der Waals surface area (Å²) in [5.74, 6) is -0.400. The summed E-state index contributed by atoms with van der Waals surface area (Å²) in [6.07, 6.45) is 3.40. The molecule has 0 saturated carbocycles. The first-order valence-electron chi connectivity index (χ1n) is 7.28. The van der Waals surface area contributed by atoms with Gasteiger partial charge < -0.3 is 9.57 Å². The highest BCUT2D eigenvalue weighted by molar-refractivity contribution is 6.34. The zero-order valence-corrected chi connectivity index (χ0v) is 13.8. The Hall–Kier alpha value is -1.98. The Morgan fingerprint density at radius 3 is 2.87 bits per heavy atom. The molecule has 23 heavy (non-hydrogen) atoms. The molecule has 0 amide bonds. The van der Waals surface area contributed by atoms with Crippen molar-refractivity contribution in [2.75, 3.05) is 6.61 Å². The molecule has 1 aromatic carbocycles. The zero-order valence-electron chi connectivity index (χ0n) is 13.0. The van der Waals surface area contributed by atoms with Crippen LogP contribution in [0.3, 0.4) is 0 Å². The van der Waals surface area contributed by atoms with Crippen LogP contribution in [0.15, 0.2) is 47.9 Å². The van der Waals surface area contributed by atoms with Crippen molar-refractivity contribution in [1.82, 2.24) is 4.98 Å². The highest BCUT2D eigenvalue weighted by Gasteiger charge is 2.12. The Bertz CT molecular complexity index is 665. The molecule has 1 aromatic heterocycles. The first-order valence-corrected chi connectivity index (χ1v) is 7.66. The molecular formula is C17H18ClFN2O2. The minimum atomic E-state index is -0.483. The quantitative estimate of drug-likeness (QED) is 0.432. The summed E-state index contributed by atoms with van der Waals surface area (Å²) in [4.78, 5) is 9.43. The highest BCUT2D eigenvalue weighted by atomic mass is 35.5. The van der Waals surface area contributed by atoms with Gasteiger partial charge in [0.25, 0.3) is 0 Å². The number of ether oxygens (including phenoxy) is 1. The number of halogens is 2. The Kier molecular flexibility index (Phi) is 6.50. The van der Waals surface area contributed by atoms with Crippen LogP contribution in [-0.2, 0) is 16.0 Å². The number of nitrogens with zero attached hydrogens (tertiary/aromatic N) is 2. The lowest BCUT2D eigenvalue weighted by molar-refractivity contribution is -0.126. The molecule has 0 N–H and O–H groups in total. The molecular weight excluding hydrogens is 319 g/mol. The number of hydrogen-bond acceptors (Lipinski definition) is 4. The van der Waals surface area contributed by atoms with Gasteiger partial charge in [-0.25, -0.2) is 4.39 Å². The van der Waals surface area contributed by atoms with E-state index in [0.717, 1.165) is 5.56 Å². The average Bonchev–Trinajstić information content (AvgIpc) is 2.53. The van der Waals surface area contributed by atoms with Gasteiger partial charge in [0.05, 0.1) is 10.7 Å². The van der Waals surface area contributed by atoms with Crippen LogP contribution in [0.1, 0.15) is 25.0 Å². The van der Waals surface area contributed by atoms with E-state index in [1.807, 2.05) is 19.1 Å². The Morgan fingerprint density at radius 2 is 2.22 bits per heavy atom. The average molecular weight is 337 g/mol. The molecule has 122 valence electrons. The second kappa shape index (κ2) is 8.60.